The molecule has 0 aromatic heterocycles. The van der Waals surface area contributed by atoms with Gasteiger partial charge in [-0.3, -0.25) is 0 Å². The lowest BCUT2D eigenvalue weighted by Crippen LogP contribution is -2.24. The predicted molar refractivity (Wildman–Crippen MR) is 108 cm³/mol. The number of benzene rings is 2. The molecule has 0 spiro atoms. The van der Waals surface area contributed by atoms with E-state index in [1.54, 1.807) is 6.92 Å². The Morgan fingerprint density at radius 1 is 0.935 bits per heavy atom. The number of hydrogen-bond acceptors (Lipinski definition) is 2. The van der Waals surface area contributed by atoms with Gasteiger partial charge in [0, 0.05) is 6.07 Å². The molecule has 3 rings (SSSR count). The Kier molecular flexibility index (Phi) is 7.44. The first-order valence-electron chi connectivity index (χ1n) is 10.7. The van der Waals surface area contributed by atoms with E-state index in [4.69, 9.17) is 4.74 Å². The van der Waals surface area contributed by atoms with Crippen LogP contribution in [0.15, 0.2) is 30.3 Å². The van der Waals surface area contributed by atoms with Crippen LogP contribution in [0, 0.1) is 23.4 Å². The van der Waals surface area contributed by atoms with Crippen molar-refractivity contribution in [1.82, 2.24) is 0 Å². The lowest BCUT2D eigenvalue weighted by Gasteiger charge is -2.29. The molecule has 0 saturated heterocycles. The summed E-state index contributed by atoms with van der Waals surface area (Å²) in [6.07, 6.45) is 1.86. The van der Waals surface area contributed by atoms with Crippen molar-refractivity contribution in [2.45, 2.75) is 64.4 Å². The normalized spacial score (nSPS) is 19.3. The number of halogens is 5. The zero-order chi connectivity index (χ0) is 22.6. The first kappa shape index (κ1) is 23.4. The average Bonchev–Trinajstić information content (AvgIpc) is 2.72. The van der Waals surface area contributed by atoms with E-state index in [1.807, 2.05) is 0 Å². The van der Waals surface area contributed by atoms with E-state index < -0.39 is 40.6 Å². The molecule has 2 aromatic carbocycles. The highest BCUT2D eigenvalue weighted by molar-refractivity contribution is 5.35. The smallest absolute Gasteiger partial charge is 0.429 e. The summed E-state index contributed by atoms with van der Waals surface area (Å²) in [6.45, 7) is 3.75. The quantitative estimate of drug-likeness (QED) is 0.390. The molecule has 0 aliphatic heterocycles. The monoisotopic (exact) mass is 442 g/mol. The molecular weight excluding hydrogens is 415 g/mol. The minimum atomic E-state index is -4.19. The lowest BCUT2D eigenvalue weighted by atomic mass is 9.77. The standard InChI is InChI=1S/C24H27F5O2/c1-3-5-15-6-8-16(9-7-15)18-11-10-17(14-20(18)25)31-24(28,29)19-12-13-21(30-4-2)23(27)22(19)26/h10-16H,3-9H2,1-2H3. The second-order valence-corrected chi connectivity index (χ2v) is 7.98. The fourth-order valence-corrected chi connectivity index (χ4v) is 4.30. The molecule has 0 atom stereocenters. The maximum absolute atomic E-state index is 14.7. The van der Waals surface area contributed by atoms with Crippen molar-refractivity contribution in [3.8, 4) is 11.5 Å². The van der Waals surface area contributed by atoms with Gasteiger partial charge in [-0.25, -0.2) is 8.78 Å². The van der Waals surface area contributed by atoms with E-state index in [0.717, 1.165) is 44.2 Å². The van der Waals surface area contributed by atoms with Crippen LogP contribution in [0.1, 0.15) is 69.4 Å². The molecule has 0 radical (unpaired) electrons. The second-order valence-electron chi connectivity index (χ2n) is 7.98. The molecule has 0 amide bonds. The minimum absolute atomic E-state index is 0.0420. The molecule has 0 unspecified atom stereocenters. The van der Waals surface area contributed by atoms with Gasteiger partial charge in [0.1, 0.15) is 17.1 Å². The van der Waals surface area contributed by atoms with E-state index in [1.165, 1.54) is 18.6 Å². The molecule has 2 aromatic rings. The van der Waals surface area contributed by atoms with Crippen molar-refractivity contribution in [2.75, 3.05) is 6.61 Å². The molecule has 1 aliphatic carbocycles. The predicted octanol–water partition coefficient (Wildman–Crippen LogP) is 7.70. The highest BCUT2D eigenvalue weighted by Crippen LogP contribution is 2.40. The van der Waals surface area contributed by atoms with Crippen LogP contribution < -0.4 is 9.47 Å². The molecule has 1 saturated carbocycles. The van der Waals surface area contributed by atoms with Gasteiger partial charge in [-0.15, -0.1) is 0 Å². The summed E-state index contributed by atoms with van der Waals surface area (Å²) in [7, 11) is 0. The summed E-state index contributed by atoms with van der Waals surface area (Å²) < 4.78 is 81.3. The van der Waals surface area contributed by atoms with Crippen molar-refractivity contribution in [2.24, 2.45) is 5.92 Å². The van der Waals surface area contributed by atoms with Crippen molar-refractivity contribution in [3.05, 3.63) is 58.9 Å². The van der Waals surface area contributed by atoms with Crippen molar-refractivity contribution in [1.29, 1.82) is 0 Å². The largest absolute Gasteiger partial charge is 0.491 e. The molecule has 1 aliphatic rings. The van der Waals surface area contributed by atoms with E-state index in [2.05, 4.69) is 11.7 Å². The third kappa shape index (κ3) is 5.31. The van der Waals surface area contributed by atoms with Crippen LogP contribution in [0.25, 0.3) is 0 Å². The molecule has 0 heterocycles. The Labute approximate surface area is 179 Å². The zero-order valence-electron chi connectivity index (χ0n) is 17.7. The van der Waals surface area contributed by atoms with E-state index >= 15 is 0 Å². The second kappa shape index (κ2) is 9.88. The topological polar surface area (TPSA) is 18.5 Å². The Balaban J connectivity index is 1.74. The molecule has 7 heteroatoms. The van der Waals surface area contributed by atoms with Gasteiger partial charge in [0.2, 0.25) is 5.82 Å². The minimum Gasteiger partial charge on any atom is -0.491 e. The van der Waals surface area contributed by atoms with Gasteiger partial charge in [-0.2, -0.15) is 13.2 Å². The van der Waals surface area contributed by atoms with Gasteiger partial charge in [-0.1, -0.05) is 25.8 Å². The first-order valence-corrected chi connectivity index (χ1v) is 10.7. The van der Waals surface area contributed by atoms with E-state index in [0.29, 0.717) is 17.5 Å². The third-order valence-electron chi connectivity index (χ3n) is 5.86. The molecule has 0 N–H and O–H groups in total. The van der Waals surface area contributed by atoms with Crippen LogP contribution in [0.5, 0.6) is 11.5 Å². The van der Waals surface area contributed by atoms with Crippen LogP contribution >= 0.6 is 0 Å². The Morgan fingerprint density at radius 3 is 2.26 bits per heavy atom. The summed E-state index contributed by atoms with van der Waals surface area (Å²) in [4.78, 5) is 0. The summed E-state index contributed by atoms with van der Waals surface area (Å²) in [5, 5.41) is 0. The Morgan fingerprint density at radius 2 is 1.65 bits per heavy atom. The fraction of sp³-hybridized carbons (Fsp3) is 0.500. The first-order chi connectivity index (χ1) is 14.8. The maximum atomic E-state index is 14.7. The van der Waals surface area contributed by atoms with Crippen LogP contribution in [-0.4, -0.2) is 6.61 Å². The van der Waals surface area contributed by atoms with E-state index in [9.17, 15) is 22.0 Å². The summed E-state index contributed by atoms with van der Waals surface area (Å²) in [5.74, 6) is -4.15. The molecule has 170 valence electrons. The number of alkyl halides is 2. The fourth-order valence-electron chi connectivity index (χ4n) is 4.30. The summed E-state index contributed by atoms with van der Waals surface area (Å²) >= 11 is 0. The molecule has 2 nitrogen and oxygen atoms in total. The number of hydrogen-bond donors (Lipinski definition) is 0. The summed E-state index contributed by atoms with van der Waals surface area (Å²) in [6, 6.07) is 5.17. The number of rotatable bonds is 8. The van der Waals surface area contributed by atoms with Gasteiger partial charge < -0.3 is 9.47 Å². The van der Waals surface area contributed by atoms with Gasteiger partial charge in [0.25, 0.3) is 0 Å². The van der Waals surface area contributed by atoms with Gasteiger partial charge in [0.05, 0.1) is 6.61 Å². The third-order valence-corrected chi connectivity index (χ3v) is 5.86. The van der Waals surface area contributed by atoms with Crippen LogP contribution in [-0.2, 0) is 6.11 Å². The van der Waals surface area contributed by atoms with Crippen LogP contribution in [0.2, 0.25) is 0 Å². The molecule has 31 heavy (non-hydrogen) atoms. The molecule has 1 fully saturated rings. The molecular formula is C24H27F5O2. The van der Waals surface area contributed by atoms with E-state index in [-0.39, 0.29) is 12.5 Å². The molecule has 0 bridgehead atoms. The van der Waals surface area contributed by atoms with Crippen LogP contribution in [0.4, 0.5) is 22.0 Å². The SMILES string of the molecule is CCCC1CCC(c2ccc(OC(F)(F)c3ccc(OCC)c(F)c3F)cc2F)CC1. The highest BCUT2D eigenvalue weighted by atomic mass is 19.3. The lowest BCUT2D eigenvalue weighted by molar-refractivity contribution is -0.187. The van der Waals surface area contributed by atoms with Crippen LogP contribution in [0.3, 0.4) is 0 Å². The number of ether oxygens (including phenoxy) is 2. The Hall–Kier alpha value is -2.31. The van der Waals surface area contributed by atoms with Crippen molar-refractivity contribution in [3.63, 3.8) is 0 Å². The zero-order valence-corrected chi connectivity index (χ0v) is 17.7. The van der Waals surface area contributed by atoms with Crippen molar-refractivity contribution >= 4 is 0 Å². The average molecular weight is 442 g/mol. The van der Waals surface area contributed by atoms with Gasteiger partial charge >= 0.3 is 6.11 Å². The highest BCUT2D eigenvalue weighted by Gasteiger charge is 2.40. The summed E-state index contributed by atoms with van der Waals surface area (Å²) in [5.41, 5.74) is -0.809. The maximum Gasteiger partial charge on any atom is 0.429 e. The van der Waals surface area contributed by atoms with Gasteiger partial charge in [-0.05, 0) is 68.2 Å². The van der Waals surface area contributed by atoms with Crippen molar-refractivity contribution < 1.29 is 31.4 Å². The Bertz CT molecular complexity index is 892. The van der Waals surface area contributed by atoms with Gasteiger partial charge in [0.15, 0.2) is 11.6 Å².